The van der Waals surface area contributed by atoms with E-state index in [0.29, 0.717) is 65.0 Å². The first-order valence-electron chi connectivity index (χ1n) is 29.6. The third-order valence-corrected chi connectivity index (χ3v) is 21.5. The number of carbonyl (C=O) groups is 1. The molecular formula is C60H78N6O25P3S2+. The average Bonchev–Trinajstić information content (AvgIpc) is 1.57. The average molecular weight is 1440 g/mol. The first-order chi connectivity index (χ1) is 44.8. The molecule has 0 saturated carbocycles. The maximum atomic E-state index is 13.1. The van der Waals surface area contributed by atoms with Crippen molar-refractivity contribution >= 4 is 72.4 Å². The van der Waals surface area contributed by atoms with Crippen LogP contribution in [0.25, 0.3) is 5.88 Å². The van der Waals surface area contributed by atoms with Crippen LogP contribution in [-0.2, 0) is 90.5 Å². The number of nitrogens with zero attached hydrogens (tertiary/aromatic N) is 4. The SMILES string of the molecule is CC/C(=C\C=C\C1=[N+](CC)c2ccc(S(=O)(=O)O)cc2C1(C)C)N(CCCCCC(=O)NCC#Cc1cc([N+](=O)[O-])c([C@@H](OCCc2cn(-c3cc(O)c(COP(=O)(O)OP(=O)(OC)OP(=O)(O)OC)o3)c(=O)[nH]c2=O)C(C)(C)C)cc1OC)c1ccc(S(=O)(=O)O)cc1CC. The summed E-state index contributed by atoms with van der Waals surface area (Å²) >= 11 is 0. The highest BCUT2D eigenvalue weighted by Gasteiger charge is 2.46. The predicted molar refractivity (Wildman–Crippen MR) is 350 cm³/mol. The van der Waals surface area contributed by atoms with E-state index in [4.69, 9.17) is 13.9 Å². The van der Waals surface area contributed by atoms with Crippen molar-refractivity contribution in [2.75, 3.05) is 52.5 Å². The van der Waals surface area contributed by atoms with Crippen molar-refractivity contribution < 1.29 is 105 Å². The number of fused-ring (bicyclic) bond motifs is 1. The molecule has 0 spiro atoms. The molecule has 524 valence electrons. The van der Waals surface area contributed by atoms with E-state index in [2.05, 4.69) is 53.8 Å². The number of furan rings is 1. The van der Waals surface area contributed by atoms with Crippen molar-refractivity contribution in [3.8, 4) is 29.2 Å². The number of carbonyl (C=O) groups excluding carboxylic acids is 1. The molecule has 2 aromatic heterocycles. The molecule has 96 heavy (non-hydrogen) atoms. The fourth-order valence-electron chi connectivity index (χ4n) is 10.4. The largest absolute Gasteiger partial charge is 0.504 e. The maximum absolute atomic E-state index is 13.1. The number of nitrogens with one attached hydrogen (secondary N) is 2. The van der Waals surface area contributed by atoms with E-state index in [1.165, 1.54) is 43.5 Å². The van der Waals surface area contributed by atoms with Crippen LogP contribution in [0, 0.1) is 27.4 Å². The number of unbranched alkanes of at least 4 members (excludes halogenated alkanes) is 2. The van der Waals surface area contributed by atoms with Gasteiger partial charge in [-0.05, 0) is 99.9 Å². The molecule has 0 radical (unpaired) electrons. The molecule has 31 nitrogen and oxygen atoms in total. The number of aryl methyl sites for hydroxylation is 1. The fraction of sp³-hybridized carbons (Fsp3) is 0.433. The summed E-state index contributed by atoms with van der Waals surface area (Å²) in [6, 6.07) is 12.5. The second kappa shape index (κ2) is 32.0. The number of amides is 1. The maximum Gasteiger partial charge on any atom is 0.492 e. The van der Waals surface area contributed by atoms with Gasteiger partial charge in [-0.25, -0.2) is 23.1 Å². The minimum Gasteiger partial charge on any atom is -0.504 e. The Bertz CT molecular complexity index is 4430. The summed E-state index contributed by atoms with van der Waals surface area (Å²) in [7, 11) is -22.1. The molecule has 1 aliphatic heterocycles. The van der Waals surface area contributed by atoms with Crippen molar-refractivity contribution in [3.63, 3.8) is 0 Å². The molecule has 3 heterocycles. The molecule has 0 fully saturated rings. The van der Waals surface area contributed by atoms with Gasteiger partial charge in [0.25, 0.3) is 31.5 Å². The van der Waals surface area contributed by atoms with Crippen LogP contribution in [0.15, 0.2) is 109 Å². The van der Waals surface area contributed by atoms with Gasteiger partial charge in [-0.3, -0.25) is 47.4 Å². The van der Waals surface area contributed by atoms with Gasteiger partial charge in [-0.2, -0.15) is 30.0 Å². The Balaban J connectivity index is 1.10. The molecule has 0 saturated heterocycles. The highest BCUT2D eigenvalue weighted by molar-refractivity contribution is 7.86. The number of aromatic nitrogens is 2. The smallest absolute Gasteiger partial charge is 0.492 e. The minimum atomic E-state index is -5.50. The molecule has 1 amide bonds. The number of allylic oxidation sites excluding steroid dienone is 4. The van der Waals surface area contributed by atoms with E-state index in [0.717, 1.165) is 45.2 Å². The summed E-state index contributed by atoms with van der Waals surface area (Å²) in [5.41, 5.74) is 1.04. The fourth-order valence-corrected chi connectivity index (χ4v) is 15.1. The number of rotatable bonds is 33. The zero-order valence-electron chi connectivity index (χ0n) is 54.4. The number of methoxy groups -OCH3 is 1. The Morgan fingerprint density at radius 3 is 2.20 bits per heavy atom. The molecule has 3 unspecified atom stereocenters. The van der Waals surface area contributed by atoms with Gasteiger partial charge in [0, 0.05) is 86.6 Å². The number of H-pyrrole nitrogens is 1. The van der Waals surface area contributed by atoms with Crippen LogP contribution < -0.4 is 26.2 Å². The number of phosphoric ester groups is 2. The van der Waals surface area contributed by atoms with Gasteiger partial charge in [0.15, 0.2) is 17.2 Å². The van der Waals surface area contributed by atoms with Gasteiger partial charge in [0.2, 0.25) is 17.5 Å². The number of benzene rings is 3. The summed E-state index contributed by atoms with van der Waals surface area (Å²) < 4.78 is 147. The van der Waals surface area contributed by atoms with E-state index in [1.807, 2.05) is 52.8 Å². The van der Waals surface area contributed by atoms with Gasteiger partial charge in [-0.1, -0.05) is 59.0 Å². The number of nitro groups is 1. The Labute approximate surface area is 554 Å². The first-order valence-corrected chi connectivity index (χ1v) is 37.0. The van der Waals surface area contributed by atoms with Gasteiger partial charge in [0.05, 0.1) is 57.6 Å². The molecule has 1 aliphatic rings. The summed E-state index contributed by atoms with van der Waals surface area (Å²) in [4.78, 5) is 74.7. The van der Waals surface area contributed by atoms with Crippen LogP contribution in [0.3, 0.4) is 0 Å². The predicted octanol–water partition coefficient (Wildman–Crippen LogP) is 9.78. The topological polar surface area (TPSA) is 432 Å². The number of aromatic hydroxyl groups is 1. The van der Waals surface area contributed by atoms with Crippen molar-refractivity contribution in [1.82, 2.24) is 14.9 Å². The summed E-state index contributed by atoms with van der Waals surface area (Å²) in [6.45, 7) is 14.6. The number of ether oxygens (including phenoxy) is 2. The normalized spacial score (nSPS) is 15.7. The van der Waals surface area contributed by atoms with E-state index in [1.54, 1.807) is 32.9 Å². The monoisotopic (exact) mass is 1440 g/mol. The van der Waals surface area contributed by atoms with E-state index in [-0.39, 0.29) is 69.8 Å². The van der Waals surface area contributed by atoms with Crippen molar-refractivity contribution in [1.29, 1.82) is 0 Å². The highest BCUT2D eigenvalue weighted by atomic mass is 32.2. The lowest BCUT2D eigenvalue weighted by molar-refractivity contribution is -0.433. The molecule has 0 aliphatic carbocycles. The lowest BCUT2D eigenvalue weighted by Gasteiger charge is -2.31. The zero-order chi connectivity index (χ0) is 71.5. The quantitative estimate of drug-likeness (QED) is 0.00300. The van der Waals surface area contributed by atoms with Crippen LogP contribution in [0.4, 0.5) is 17.1 Å². The molecule has 0 bridgehead atoms. The van der Waals surface area contributed by atoms with E-state index in [9.17, 15) is 79.0 Å². The molecular weight excluding hydrogens is 1360 g/mol. The Hall–Kier alpha value is -7.21. The van der Waals surface area contributed by atoms with Crippen LogP contribution in [-0.4, -0.2) is 119 Å². The van der Waals surface area contributed by atoms with Crippen molar-refractivity contribution in [3.05, 3.63) is 149 Å². The number of phosphoric acid groups is 3. The number of anilines is 1. The Morgan fingerprint density at radius 1 is 0.927 bits per heavy atom. The molecule has 3 aromatic carbocycles. The second-order valence-electron chi connectivity index (χ2n) is 23.0. The molecule has 6 rings (SSSR count). The van der Waals surface area contributed by atoms with Crippen LogP contribution >= 0.6 is 23.5 Å². The van der Waals surface area contributed by atoms with Gasteiger partial charge < -0.3 is 39.0 Å². The van der Waals surface area contributed by atoms with Gasteiger partial charge in [0.1, 0.15) is 18.9 Å². The number of hydrogen-bond donors (Lipinski definition) is 7. The zero-order valence-corrected chi connectivity index (χ0v) is 58.7. The Kier molecular flexibility index (Phi) is 25.9. The number of nitro benzene ring substituents is 1. The molecule has 4 atom stereocenters. The van der Waals surface area contributed by atoms with Gasteiger partial charge >= 0.3 is 29.2 Å². The summed E-state index contributed by atoms with van der Waals surface area (Å²) in [6.07, 6.45) is 8.42. The Morgan fingerprint density at radius 2 is 1.59 bits per heavy atom. The van der Waals surface area contributed by atoms with Crippen LogP contribution in [0.1, 0.15) is 127 Å². The number of aromatic amines is 1. The second-order valence-corrected chi connectivity index (χ2v) is 30.9. The van der Waals surface area contributed by atoms with Crippen LogP contribution in [0.5, 0.6) is 11.5 Å². The minimum absolute atomic E-state index is 0.0771. The van der Waals surface area contributed by atoms with Crippen molar-refractivity contribution in [2.24, 2.45) is 5.41 Å². The molecule has 36 heteroatoms. The van der Waals surface area contributed by atoms with Gasteiger partial charge in [-0.15, -0.1) is 0 Å². The molecule has 7 N–H and O–H groups in total. The lowest BCUT2D eigenvalue weighted by atomic mass is 9.81. The third-order valence-electron chi connectivity index (χ3n) is 15.1. The van der Waals surface area contributed by atoms with Crippen LogP contribution in [0.2, 0.25) is 0 Å². The number of hydrogen-bond acceptors (Lipinski definition) is 22. The summed E-state index contributed by atoms with van der Waals surface area (Å²) in [5, 5.41) is 26.0. The summed E-state index contributed by atoms with van der Waals surface area (Å²) in [5.74, 6) is 3.71. The van der Waals surface area contributed by atoms with E-state index < -0.39 is 101 Å². The first kappa shape index (κ1) is 77.8. The standard InChI is InChI=1S/C60H77N6O25P3S2/c1-12-39-32-43(95(78,79)80)24-26-47(39)64(42(13-2)21-18-22-53-60(7,8)46-34-44(96(81,82)83)25-27-48(46)63(53)14-3)30-17-15-16-23-54(68)61-29-19-20-40-33-49(66(71)72)45(35-51(40)84-9)56(59(4,5)6)87-31-28-41-37-65(58(70)62-57(41)69)55-36-50(67)52(89-55)38-88-93(75,76)91-94(77,86-11)90-92(73,74)85-10/h18,21-22,24-27,32-37,56H,12-17,23,28-31,38H2,1-11H3,(H6-,61,62,67,68,69,70,73,74,75,76,78,79,80,81,82,83)/p+1/t56-,94?/m1/s1. The van der Waals surface area contributed by atoms with E-state index >= 15 is 0 Å². The highest BCUT2D eigenvalue weighted by Crippen LogP contribution is 2.70. The molecule has 5 aromatic rings. The third kappa shape index (κ3) is 19.8. The lowest BCUT2D eigenvalue weighted by Crippen LogP contribution is -2.31. The van der Waals surface area contributed by atoms with Crippen molar-refractivity contribution in [2.45, 2.75) is 128 Å².